The molecule has 0 fully saturated rings. The number of aliphatic hydroxyl groups is 2. The second-order valence-corrected chi connectivity index (χ2v) is 3.36. The van der Waals surface area contributed by atoms with Gasteiger partial charge in [0.05, 0.1) is 12.5 Å². The highest BCUT2D eigenvalue weighted by molar-refractivity contribution is 5.72. The molecule has 0 aromatic heterocycles. The summed E-state index contributed by atoms with van der Waals surface area (Å²) in [6, 6.07) is 0. The molecule has 0 heterocycles. The molecule has 14 heavy (non-hydrogen) atoms. The van der Waals surface area contributed by atoms with Crippen LogP contribution in [0.2, 0.25) is 0 Å². The predicted octanol–water partition coefficient (Wildman–Crippen LogP) is 0.709. The van der Waals surface area contributed by atoms with E-state index in [0.29, 0.717) is 0 Å². The quantitative estimate of drug-likeness (QED) is 0.599. The van der Waals surface area contributed by atoms with E-state index in [0.717, 1.165) is 19.3 Å². The van der Waals surface area contributed by atoms with E-state index in [-0.39, 0.29) is 25.1 Å². The fourth-order valence-electron chi connectivity index (χ4n) is 1.19. The van der Waals surface area contributed by atoms with Crippen LogP contribution >= 0.6 is 0 Å². The van der Waals surface area contributed by atoms with Crippen molar-refractivity contribution in [3.8, 4) is 0 Å². The SMILES string of the molecule is CCCC(CC)C(=O)OCC(O)CO. The number of esters is 1. The van der Waals surface area contributed by atoms with Crippen LogP contribution in [0.15, 0.2) is 0 Å². The van der Waals surface area contributed by atoms with Gasteiger partial charge in [0.15, 0.2) is 0 Å². The minimum absolute atomic E-state index is 0.0779. The smallest absolute Gasteiger partial charge is 0.309 e. The third kappa shape index (κ3) is 5.19. The molecule has 0 aromatic carbocycles. The Bertz CT molecular complexity index is 158. The van der Waals surface area contributed by atoms with Gasteiger partial charge in [-0.1, -0.05) is 20.3 Å². The molecular formula is C10H20O4. The van der Waals surface area contributed by atoms with Gasteiger partial charge >= 0.3 is 5.97 Å². The molecule has 2 unspecified atom stereocenters. The number of carbonyl (C=O) groups is 1. The largest absolute Gasteiger partial charge is 0.463 e. The molecule has 0 aromatic rings. The first-order chi connectivity index (χ1) is 6.65. The normalized spacial score (nSPS) is 14.9. The van der Waals surface area contributed by atoms with Gasteiger partial charge in [0, 0.05) is 0 Å². The molecule has 2 atom stereocenters. The molecule has 4 nitrogen and oxygen atoms in total. The number of hydrogen-bond acceptors (Lipinski definition) is 4. The fourth-order valence-corrected chi connectivity index (χ4v) is 1.19. The Kier molecular flexibility index (Phi) is 7.42. The molecule has 84 valence electrons. The van der Waals surface area contributed by atoms with Crippen LogP contribution in [0.1, 0.15) is 33.1 Å². The first-order valence-corrected chi connectivity index (χ1v) is 5.11. The number of carbonyl (C=O) groups excluding carboxylic acids is 1. The average molecular weight is 204 g/mol. The van der Waals surface area contributed by atoms with Crippen LogP contribution in [0.5, 0.6) is 0 Å². The molecule has 0 aliphatic rings. The number of hydrogen-bond donors (Lipinski definition) is 2. The van der Waals surface area contributed by atoms with Crippen molar-refractivity contribution in [1.82, 2.24) is 0 Å². The summed E-state index contributed by atoms with van der Waals surface area (Å²) >= 11 is 0. The van der Waals surface area contributed by atoms with E-state index >= 15 is 0 Å². The summed E-state index contributed by atoms with van der Waals surface area (Å²) in [7, 11) is 0. The fraction of sp³-hybridized carbons (Fsp3) is 0.900. The average Bonchev–Trinajstić information content (AvgIpc) is 2.21. The van der Waals surface area contributed by atoms with E-state index in [1.54, 1.807) is 0 Å². The summed E-state index contributed by atoms with van der Waals surface area (Å²) < 4.78 is 4.85. The van der Waals surface area contributed by atoms with Crippen molar-refractivity contribution < 1.29 is 19.7 Å². The maximum absolute atomic E-state index is 11.4. The van der Waals surface area contributed by atoms with E-state index in [2.05, 4.69) is 0 Å². The summed E-state index contributed by atoms with van der Waals surface area (Å²) in [5.41, 5.74) is 0. The maximum Gasteiger partial charge on any atom is 0.309 e. The molecule has 0 radical (unpaired) electrons. The van der Waals surface area contributed by atoms with Gasteiger partial charge in [-0.3, -0.25) is 4.79 Å². The lowest BCUT2D eigenvalue weighted by molar-refractivity contribution is -0.152. The van der Waals surface area contributed by atoms with Crippen LogP contribution in [0.3, 0.4) is 0 Å². The van der Waals surface area contributed by atoms with Crippen LogP contribution in [-0.4, -0.2) is 35.5 Å². The minimum atomic E-state index is -0.960. The van der Waals surface area contributed by atoms with Crippen molar-refractivity contribution >= 4 is 5.97 Å². The number of aliphatic hydroxyl groups excluding tert-OH is 2. The first kappa shape index (κ1) is 13.4. The summed E-state index contributed by atoms with van der Waals surface area (Å²) in [6.07, 6.45) is 1.54. The Labute approximate surface area is 84.9 Å². The molecule has 2 N–H and O–H groups in total. The molecule has 0 aliphatic carbocycles. The lowest BCUT2D eigenvalue weighted by atomic mass is 10.0. The van der Waals surface area contributed by atoms with Gasteiger partial charge in [-0.25, -0.2) is 0 Å². The van der Waals surface area contributed by atoms with Crippen LogP contribution in [-0.2, 0) is 9.53 Å². The van der Waals surface area contributed by atoms with Crippen LogP contribution < -0.4 is 0 Å². The molecule has 0 spiro atoms. The van der Waals surface area contributed by atoms with Crippen molar-refractivity contribution in [3.05, 3.63) is 0 Å². The van der Waals surface area contributed by atoms with Crippen LogP contribution in [0.25, 0.3) is 0 Å². The Balaban J connectivity index is 3.80. The topological polar surface area (TPSA) is 66.8 Å². The van der Waals surface area contributed by atoms with E-state index in [1.165, 1.54) is 0 Å². The van der Waals surface area contributed by atoms with Crippen LogP contribution in [0.4, 0.5) is 0 Å². The zero-order valence-corrected chi connectivity index (χ0v) is 8.90. The summed E-state index contributed by atoms with van der Waals surface area (Å²) in [5, 5.41) is 17.5. The van der Waals surface area contributed by atoms with Crippen molar-refractivity contribution in [1.29, 1.82) is 0 Å². The van der Waals surface area contributed by atoms with Gasteiger partial charge in [-0.2, -0.15) is 0 Å². The lowest BCUT2D eigenvalue weighted by Crippen LogP contribution is -2.25. The second kappa shape index (κ2) is 7.76. The molecular weight excluding hydrogens is 184 g/mol. The van der Waals surface area contributed by atoms with Gasteiger partial charge < -0.3 is 14.9 Å². The highest BCUT2D eigenvalue weighted by Crippen LogP contribution is 2.12. The lowest BCUT2D eigenvalue weighted by Gasteiger charge is -2.14. The van der Waals surface area contributed by atoms with Crippen molar-refractivity contribution in [2.24, 2.45) is 5.92 Å². The Hall–Kier alpha value is -0.610. The third-order valence-electron chi connectivity index (χ3n) is 2.09. The van der Waals surface area contributed by atoms with Gasteiger partial charge in [0.25, 0.3) is 0 Å². The third-order valence-corrected chi connectivity index (χ3v) is 2.09. The molecule has 0 aliphatic heterocycles. The van der Waals surface area contributed by atoms with Crippen molar-refractivity contribution in [2.75, 3.05) is 13.2 Å². The summed E-state index contributed by atoms with van der Waals surface area (Å²) in [6.45, 7) is 3.45. The van der Waals surface area contributed by atoms with Crippen molar-refractivity contribution in [3.63, 3.8) is 0 Å². The Morgan fingerprint density at radius 2 is 2.07 bits per heavy atom. The van der Waals surface area contributed by atoms with E-state index < -0.39 is 6.10 Å². The van der Waals surface area contributed by atoms with Gasteiger partial charge in [0.2, 0.25) is 0 Å². The zero-order chi connectivity index (χ0) is 11.0. The minimum Gasteiger partial charge on any atom is -0.463 e. The van der Waals surface area contributed by atoms with E-state index in [1.807, 2.05) is 13.8 Å². The predicted molar refractivity (Wildman–Crippen MR) is 52.7 cm³/mol. The standard InChI is InChI=1S/C10H20O4/c1-3-5-8(4-2)10(13)14-7-9(12)6-11/h8-9,11-12H,3-7H2,1-2H3. The highest BCUT2D eigenvalue weighted by atomic mass is 16.5. The second-order valence-electron chi connectivity index (χ2n) is 3.36. The zero-order valence-electron chi connectivity index (χ0n) is 8.90. The van der Waals surface area contributed by atoms with Gasteiger partial charge in [-0.15, -0.1) is 0 Å². The van der Waals surface area contributed by atoms with Crippen LogP contribution in [0, 0.1) is 5.92 Å². The first-order valence-electron chi connectivity index (χ1n) is 5.11. The van der Waals surface area contributed by atoms with Gasteiger partial charge in [0.1, 0.15) is 12.7 Å². The molecule has 0 saturated carbocycles. The molecule has 0 saturated heterocycles. The molecule has 0 bridgehead atoms. The summed E-state index contributed by atoms with van der Waals surface area (Å²) in [4.78, 5) is 11.4. The monoisotopic (exact) mass is 204 g/mol. The number of rotatable bonds is 7. The molecule has 0 amide bonds. The molecule has 0 rings (SSSR count). The van der Waals surface area contributed by atoms with Gasteiger partial charge in [-0.05, 0) is 12.8 Å². The molecule has 4 heteroatoms. The highest BCUT2D eigenvalue weighted by Gasteiger charge is 2.17. The van der Waals surface area contributed by atoms with E-state index in [4.69, 9.17) is 14.9 Å². The Morgan fingerprint density at radius 1 is 1.43 bits per heavy atom. The maximum atomic E-state index is 11.4. The van der Waals surface area contributed by atoms with E-state index in [9.17, 15) is 4.79 Å². The number of ether oxygens (including phenoxy) is 1. The summed E-state index contributed by atoms with van der Waals surface area (Å²) in [5.74, 6) is -0.354. The Morgan fingerprint density at radius 3 is 2.50 bits per heavy atom. The van der Waals surface area contributed by atoms with Crippen molar-refractivity contribution in [2.45, 2.75) is 39.2 Å².